The molecule has 1 aliphatic heterocycles. The number of nitriles is 1. The molecule has 122 valence electrons. The van der Waals surface area contributed by atoms with Crippen LogP contribution in [0.5, 0.6) is 0 Å². The minimum absolute atomic E-state index is 0.390. The van der Waals surface area contributed by atoms with Crippen molar-refractivity contribution in [3.63, 3.8) is 0 Å². The van der Waals surface area contributed by atoms with E-state index in [1.165, 1.54) is 0 Å². The molecule has 1 aliphatic rings. The molecule has 1 saturated heterocycles. The van der Waals surface area contributed by atoms with Gasteiger partial charge in [-0.25, -0.2) is 0 Å². The van der Waals surface area contributed by atoms with Crippen molar-refractivity contribution in [2.45, 2.75) is 45.8 Å². The molecular weight excluding hydrogens is 297 g/mol. The lowest BCUT2D eigenvalue weighted by Crippen LogP contribution is -2.41. The molecule has 0 spiro atoms. The lowest BCUT2D eigenvalue weighted by Gasteiger charge is -2.32. The second kappa shape index (κ2) is 5.77. The first-order valence-corrected chi connectivity index (χ1v) is 8.21. The molecule has 0 saturated carbocycles. The molecule has 0 aromatic heterocycles. The van der Waals surface area contributed by atoms with Gasteiger partial charge in [0.2, 0.25) is 0 Å². The summed E-state index contributed by atoms with van der Waals surface area (Å²) < 4.78 is 12.2. The zero-order valence-electron chi connectivity index (χ0n) is 14.9. The van der Waals surface area contributed by atoms with Crippen LogP contribution in [-0.2, 0) is 9.31 Å². The summed E-state index contributed by atoms with van der Waals surface area (Å²) in [5, 5.41) is 9.61. The summed E-state index contributed by atoms with van der Waals surface area (Å²) >= 11 is 0. The SMILES string of the molecule is Cc1ccccc1-c1ccc(B2OC(C)(C)C(C)(C)O2)cc1C#N. The van der Waals surface area contributed by atoms with Gasteiger partial charge in [0, 0.05) is 0 Å². The average molecular weight is 319 g/mol. The van der Waals surface area contributed by atoms with Gasteiger partial charge in [0.1, 0.15) is 0 Å². The fourth-order valence-corrected chi connectivity index (χ4v) is 2.89. The molecule has 0 radical (unpaired) electrons. The predicted octanol–water partition coefficient (Wildman–Crippen LogP) is 3.83. The van der Waals surface area contributed by atoms with E-state index < -0.39 is 7.12 Å². The maximum absolute atomic E-state index is 9.61. The van der Waals surface area contributed by atoms with Crippen LogP contribution in [-0.4, -0.2) is 18.3 Å². The summed E-state index contributed by atoms with van der Waals surface area (Å²) in [6, 6.07) is 16.3. The summed E-state index contributed by atoms with van der Waals surface area (Å²) in [5.41, 5.74) is 3.90. The van der Waals surface area contributed by atoms with Gasteiger partial charge in [-0.2, -0.15) is 5.26 Å². The molecule has 0 atom stereocenters. The number of hydrogen-bond acceptors (Lipinski definition) is 3. The molecular formula is C20H22BNO2. The van der Waals surface area contributed by atoms with E-state index >= 15 is 0 Å². The molecule has 3 nitrogen and oxygen atoms in total. The van der Waals surface area contributed by atoms with Crippen LogP contribution in [0, 0.1) is 18.3 Å². The van der Waals surface area contributed by atoms with E-state index in [-0.39, 0.29) is 11.2 Å². The van der Waals surface area contributed by atoms with Gasteiger partial charge in [0.05, 0.1) is 22.8 Å². The molecule has 2 aromatic rings. The fourth-order valence-electron chi connectivity index (χ4n) is 2.89. The molecule has 1 heterocycles. The largest absolute Gasteiger partial charge is 0.494 e. The fraction of sp³-hybridized carbons (Fsp3) is 0.350. The molecule has 24 heavy (non-hydrogen) atoms. The van der Waals surface area contributed by atoms with Crippen LogP contribution in [0.2, 0.25) is 0 Å². The zero-order chi connectivity index (χ0) is 17.5. The zero-order valence-corrected chi connectivity index (χ0v) is 14.9. The Bertz CT molecular complexity index is 805. The number of rotatable bonds is 2. The lowest BCUT2D eigenvalue weighted by molar-refractivity contribution is 0.00578. The summed E-state index contributed by atoms with van der Waals surface area (Å²) in [5.74, 6) is 0. The van der Waals surface area contributed by atoms with Crippen LogP contribution < -0.4 is 5.46 Å². The molecule has 0 N–H and O–H groups in total. The van der Waals surface area contributed by atoms with E-state index in [9.17, 15) is 5.26 Å². The number of aryl methyl sites for hydroxylation is 1. The molecule has 0 unspecified atom stereocenters. The molecule has 4 heteroatoms. The standard InChI is InChI=1S/C20H22BNO2/c1-14-8-6-7-9-17(14)18-11-10-16(12-15(18)13-22)21-23-19(2,3)20(4,5)24-21/h6-12H,1-5H3. The van der Waals surface area contributed by atoms with Crippen molar-refractivity contribution in [1.82, 2.24) is 0 Å². The van der Waals surface area contributed by atoms with E-state index in [0.717, 1.165) is 22.2 Å². The van der Waals surface area contributed by atoms with Gasteiger partial charge in [-0.3, -0.25) is 0 Å². The van der Waals surface area contributed by atoms with Crippen molar-refractivity contribution < 1.29 is 9.31 Å². The van der Waals surface area contributed by atoms with E-state index in [4.69, 9.17) is 9.31 Å². The molecule has 2 aromatic carbocycles. The van der Waals surface area contributed by atoms with Gasteiger partial charge in [-0.15, -0.1) is 0 Å². The number of benzene rings is 2. The van der Waals surface area contributed by atoms with E-state index in [2.05, 4.69) is 19.1 Å². The summed E-state index contributed by atoms with van der Waals surface area (Å²) in [7, 11) is -0.451. The highest BCUT2D eigenvalue weighted by Gasteiger charge is 2.51. The first kappa shape index (κ1) is 16.8. The molecule has 1 fully saturated rings. The second-order valence-corrected chi connectivity index (χ2v) is 7.32. The maximum Gasteiger partial charge on any atom is 0.494 e. The minimum atomic E-state index is -0.451. The third-order valence-corrected chi connectivity index (χ3v) is 5.12. The Labute approximate surface area is 144 Å². The van der Waals surface area contributed by atoms with Gasteiger partial charge in [-0.05, 0) is 62.8 Å². The summed E-state index contributed by atoms with van der Waals surface area (Å²) in [4.78, 5) is 0. The van der Waals surface area contributed by atoms with Crippen LogP contribution in [0.1, 0.15) is 38.8 Å². The van der Waals surface area contributed by atoms with E-state index in [1.54, 1.807) is 0 Å². The van der Waals surface area contributed by atoms with Crippen molar-refractivity contribution in [3.05, 3.63) is 53.6 Å². The normalized spacial score (nSPS) is 18.4. The number of hydrogen-bond donors (Lipinski definition) is 0. The Morgan fingerprint density at radius 1 is 0.917 bits per heavy atom. The Morgan fingerprint density at radius 3 is 2.12 bits per heavy atom. The van der Waals surface area contributed by atoms with Gasteiger partial charge in [0.25, 0.3) is 0 Å². The van der Waals surface area contributed by atoms with Crippen molar-refractivity contribution >= 4 is 12.6 Å². The third kappa shape index (κ3) is 2.75. The van der Waals surface area contributed by atoms with E-state index in [1.807, 2.05) is 64.1 Å². The Hall–Kier alpha value is -2.09. The Balaban J connectivity index is 2.00. The Morgan fingerprint density at radius 2 is 1.54 bits per heavy atom. The van der Waals surface area contributed by atoms with Gasteiger partial charge >= 0.3 is 7.12 Å². The summed E-state index contributed by atoms with van der Waals surface area (Å²) in [6.07, 6.45) is 0. The highest BCUT2D eigenvalue weighted by atomic mass is 16.7. The average Bonchev–Trinajstić information content (AvgIpc) is 2.75. The van der Waals surface area contributed by atoms with Gasteiger partial charge < -0.3 is 9.31 Å². The highest BCUT2D eigenvalue weighted by Crippen LogP contribution is 2.36. The first-order chi connectivity index (χ1) is 11.2. The predicted molar refractivity (Wildman–Crippen MR) is 97.0 cm³/mol. The van der Waals surface area contributed by atoms with Gasteiger partial charge in [-0.1, -0.05) is 36.4 Å². The van der Waals surface area contributed by atoms with E-state index in [0.29, 0.717) is 5.56 Å². The van der Waals surface area contributed by atoms with Crippen LogP contribution in [0.3, 0.4) is 0 Å². The summed E-state index contributed by atoms with van der Waals surface area (Å²) in [6.45, 7) is 10.2. The Kier molecular flexibility index (Phi) is 4.03. The van der Waals surface area contributed by atoms with Crippen molar-refractivity contribution in [3.8, 4) is 17.2 Å². The molecule has 3 rings (SSSR count). The van der Waals surface area contributed by atoms with Crippen molar-refractivity contribution in [2.24, 2.45) is 0 Å². The van der Waals surface area contributed by atoms with Crippen LogP contribution >= 0.6 is 0 Å². The lowest BCUT2D eigenvalue weighted by atomic mass is 9.77. The van der Waals surface area contributed by atoms with Crippen LogP contribution in [0.15, 0.2) is 42.5 Å². The second-order valence-electron chi connectivity index (χ2n) is 7.32. The smallest absolute Gasteiger partial charge is 0.399 e. The maximum atomic E-state index is 9.61. The number of nitrogens with zero attached hydrogens (tertiary/aromatic N) is 1. The third-order valence-electron chi connectivity index (χ3n) is 5.12. The first-order valence-electron chi connectivity index (χ1n) is 8.21. The molecule has 0 aliphatic carbocycles. The van der Waals surface area contributed by atoms with Crippen LogP contribution in [0.4, 0.5) is 0 Å². The quantitative estimate of drug-likeness (QED) is 0.790. The molecule has 0 amide bonds. The van der Waals surface area contributed by atoms with Gasteiger partial charge in [0.15, 0.2) is 0 Å². The minimum Gasteiger partial charge on any atom is -0.399 e. The van der Waals surface area contributed by atoms with Crippen molar-refractivity contribution in [1.29, 1.82) is 5.26 Å². The topological polar surface area (TPSA) is 42.2 Å². The highest BCUT2D eigenvalue weighted by molar-refractivity contribution is 6.62. The van der Waals surface area contributed by atoms with Crippen LogP contribution in [0.25, 0.3) is 11.1 Å². The van der Waals surface area contributed by atoms with Crippen molar-refractivity contribution in [2.75, 3.05) is 0 Å². The molecule has 0 bridgehead atoms. The monoisotopic (exact) mass is 319 g/mol.